The highest BCUT2D eigenvalue weighted by Crippen LogP contribution is 2.14. The van der Waals surface area contributed by atoms with Gasteiger partial charge in [0, 0.05) is 6.92 Å². The molecule has 0 spiro atoms. The summed E-state index contributed by atoms with van der Waals surface area (Å²) in [6, 6.07) is 3.34. The molecule has 0 unspecified atom stereocenters. The van der Waals surface area contributed by atoms with Crippen molar-refractivity contribution in [3.05, 3.63) is 18.4 Å². The molecule has 72 valence electrons. The van der Waals surface area contributed by atoms with Gasteiger partial charge < -0.3 is 9.25 Å². The van der Waals surface area contributed by atoms with Gasteiger partial charge in [-0.15, -0.1) is 5.10 Å². The molecule has 7 nitrogen and oxygen atoms in total. The molecule has 0 aliphatic rings. The van der Waals surface area contributed by atoms with Crippen molar-refractivity contribution in [2.24, 2.45) is 0 Å². The number of carbonyl (C=O) groups excluding carboxylic acids is 1. The van der Waals surface area contributed by atoms with E-state index in [1.165, 1.54) is 13.2 Å². The molecule has 2 aromatic rings. The summed E-state index contributed by atoms with van der Waals surface area (Å²) in [7, 11) is 0. The van der Waals surface area contributed by atoms with Crippen LogP contribution in [-0.2, 0) is 4.79 Å². The van der Waals surface area contributed by atoms with Crippen LogP contribution in [0.2, 0.25) is 0 Å². The lowest BCUT2D eigenvalue weighted by Gasteiger charge is -1.98. The van der Waals surface area contributed by atoms with Crippen LogP contribution in [0.5, 0.6) is 0 Å². The lowest BCUT2D eigenvalue weighted by molar-refractivity contribution is -0.143. The summed E-state index contributed by atoms with van der Waals surface area (Å²) in [5, 5.41) is 10.5. The maximum absolute atomic E-state index is 10.7. The van der Waals surface area contributed by atoms with Crippen molar-refractivity contribution in [3.8, 4) is 11.6 Å². The van der Waals surface area contributed by atoms with E-state index in [9.17, 15) is 4.79 Å². The second-order valence-electron chi connectivity index (χ2n) is 2.44. The highest BCUT2D eigenvalue weighted by Gasteiger charge is 2.13. The van der Waals surface area contributed by atoms with Crippen molar-refractivity contribution in [2.75, 3.05) is 0 Å². The van der Waals surface area contributed by atoms with Gasteiger partial charge in [0.05, 0.1) is 6.26 Å². The van der Waals surface area contributed by atoms with Crippen molar-refractivity contribution in [1.29, 1.82) is 0 Å². The summed E-state index contributed by atoms with van der Waals surface area (Å²) in [6.07, 6.45) is 1.47. The molecule has 0 radical (unpaired) electrons. The summed E-state index contributed by atoms with van der Waals surface area (Å²) in [6.45, 7) is 1.26. The number of tetrazole rings is 1. The Bertz CT molecular complexity index is 433. The number of hydrogen-bond acceptors (Lipinski definition) is 6. The highest BCUT2D eigenvalue weighted by atomic mass is 16.7. The zero-order chi connectivity index (χ0) is 9.97. The monoisotopic (exact) mass is 194 g/mol. The number of rotatable bonds is 2. The first-order chi connectivity index (χ1) is 6.77. The smallest absolute Gasteiger partial charge is 0.332 e. The van der Waals surface area contributed by atoms with E-state index < -0.39 is 5.97 Å². The fourth-order valence-corrected chi connectivity index (χ4v) is 0.912. The lowest BCUT2D eigenvalue weighted by atomic mass is 10.4. The van der Waals surface area contributed by atoms with E-state index in [-0.39, 0.29) is 5.82 Å². The summed E-state index contributed by atoms with van der Waals surface area (Å²) in [4.78, 5) is 16.3. The Kier molecular flexibility index (Phi) is 1.98. The van der Waals surface area contributed by atoms with Gasteiger partial charge in [0.1, 0.15) is 0 Å². The number of nitrogens with zero attached hydrogens (tertiary/aromatic N) is 4. The maximum Gasteiger partial charge on any atom is 0.332 e. The van der Waals surface area contributed by atoms with Crippen LogP contribution in [0.4, 0.5) is 0 Å². The van der Waals surface area contributed by atoms with Crippen molar-refractivity contribution in [1.82, 2.24) is 20.4 Å². The van der Waals surface area contributed by atoms with Gasteiger partial charge in [-0.25, -0.2) is 4.79 Å². The Labute approximate surface area is 78.2 Å². The summed E-state index contributed by atoms with van der Waals surface area (Å²) in [5.74, 6) is 0.159. The third-order valence-corrected chi connectivity index (χ3v) is 1.40. The third-order valence-electron chi connectivity index (χ3n) is 1.40. The molecule has 0 fully saturated rings. The average molecular weight is 194 g/mol. The van der Waals surface area contributed by atoms with Gasteiger partial charge in [0.25, 0.3) is 5.82 Å². The lowest BCUT2D eigenvalue weighted by Crippen LogP contribution is -2.18. The minimum absolute atomic E-state index is 0.241. The largest absolute Gasteiger partial charge is 0.461 e. The molecule has 0 N–H and O–H groups in total. The Morgan fingerprint density at radius 3 is 3.14 bits per heavy atom. The molecule has 2 heterocycles. The van der Waals surface area contributed by atoms with E-state index in [0.29, 0.717) is 5.76 Å². The number of furan rings is 1. The van der Waals surface area contributed by atoms with Crippen LogP contribution < -0.4 is 4.84 Å². The van der Waals surface area contributed by atoms with Gasteiger partial charge in [-0.2, -0.15) is 0 Å². The zero-order valence-electron chi connectivity index (χ0n) is 7.25. The molecule has 0 aliphatic carbocycles. The minimum Gasteiger partial charge on any atom is -0.461 e. The molecular weight excluding hydrogens is 188 g/mol. The summed E-state index contributed by atoms with van der Waals surface area (Å²) in [5.41, 5.74) is 0. The van der Waals surface area contributed by atoms with Crippen LogP contribution in [0.1, 0.15) is 6.92 Å². The van der Waals surface area contributed by atoms with E-state index in [2.05, 4.69) is 15.5 Å². The van der Waals surface area contributed by atoms with Gasteiger partial charge in [0.2, 0.25) is 0 Å². The van der Waals surface area contributed by atoms with Crippen LogP contribution in [0, 0.1) is 0 Å². The van der Waals surface area contributed by atoms with Gasteiger partial charge in [-0.3, -0.25) is 0 Å². The molecule has 0 aromatic carbocycles. The molecule has 2 aromatic heterocycles. The van der Waals surface area contributed by atoms with Crippen molar-refractivity contribution in [2.45, 2.75) is 6.92 Å². The van der Waals surface area contributed by atoms with Crippen molar-refractivity contribution >= 4 is 5.97 Å². The Morgan fingerprint density at radius 1 is 1.64 bits per heavy atom. The average Bonchev–Trinajstić information content (AvgIpc) is 2.70. The van der Waals surface area contributed by atoms with Crippen LogP contribution in [-0.4, -0.2) is 26.3 Å². The number of aromatic nitrogens is 4. The molecule has 0 atom stereocenters. The van der Waals surface area contributed by atoms with E-state index in [4.69, 9.17) is 9.25 Å². The summed E-state index contributed by atoms with van der Waals surface area (Å²) < 4.78 is 5.05. The van der Waals surface area contributed by atoms with Crippen LogP contribution in [0.3, 0.4) is 0 Å². The van der Waals surface area contributed by atoms with Gasteiger partial charge >= 0.3 is 5.97 Å². The van der Waals surface area contributed by atoms with Gasteiger partial charge in [0.15, 0.2) is 5.76 Å². The molecule has 2 rings (SSSR count). The molecule has 7 heteroatoms. The molecule has 14 heavy (non-hydrogen) atoms. The van der Waals surface area contributed by atoms with Crippen molar-refractivity contribution < 1.29 is 14.0 Å². The molecule has 0 aliphatic heterocycles. The zero-order valence-corrected chi connectivity index (χ0v) is 7.25. The predicted molar refractivity (Wildman–Crippen MR) is 42.8 cm³/mol. The van der Waals surface area contributed by atoms with E-state index in [0.717, 1.165) is 4.85 Å². The second kappa shape index (κ2) is 3.29. The summed E-state index contributed by atoms with van der Waals surface area (Å²) >= 11 is 0. The van der Waals surface area contributed by atoms with Crippen LogP contribution in [0.15, 0.2) is 22.8 Å². The van der Waals surface area contributed by atoms with E-state index >= 15 is 0 Å². The highest BCUT2D eigenvalue weighted by molar-refractivity contribution is 5.66. The fourth-order valence-electron chi connectivity index (χ4n) is 0.912. The van der Waals surface area contributed by atoms with Crippen LogP contribution >= 0.6 is 0 Å². The molecule has 0 bridgehead atoms. The Balaban J connectivity index is 2.35. The molecule has 0 saturated carbocycles. The minimum atomic E-state index is -0.509. The number of carbonyl (C=O) groups is 1. The first-order valence-corrected chi connectivity index (χ1v) is 3.78. The first-order valence-electron chi connectivity index (χ1n) is 3.78. The van der Waals surface area contributed by atoms with Crippen molar-refractivity contribution in [3.63, 3.8) is 0 Å². The quantitative estimate of drug-likeness (QED) is 0.621. The second-order valence-corrected chi connectivity index (χ2v) is 2.44. The van der Waals surface area contributed by atoms with Crippen LogP contribution in [0.25, 0.3) is 11.6 Å². The standard InChI is InChI=1S/C7H6N4O3/c1-5(12)14-11-7(8-9-10-11)6-3-2-4-13-6/h2-4H,1H3. The molecule has 0 saturated heterocycles. The normalized spacial score (nSPS) is 10.1. The van der Waals surface area contributed by atoms with E-state index in [1.54, 1.807) is 12.1 Å². The van der Waals surface area contributed by atoms with Gasteiger partial charge in [-0.1, -0.05) is 0 Å². The Morgan fingerprint density at radius 2 is 2.50 bits per heavy atom. The maximum atomic E-state index is 10.7. The SMILES string of the molecule is CC(=O)On1nnnc1-c1ccco1. The number of hydrogen-bond donors (Lipinski definition) is 0. The predicted octanol–water partition coefficient (Wildman–Crippen LogP) is -0.0918. The first kappa shape index (κ1) is 8.42. The van der Waals surface area contributed by atoms with Gasteiger partial charge in [-0.05, 0) is 27.4 Å². The van der Waals surface area contributed by atoms with E-state index in [1.807, 2.05) is 0 Å². The fraction of sp³-hybridized carbons (Fsp3) is 0.143. The Hall–Kier alpha value is -2.18. The third kappa shape index (κ3) is 1.47. The molecular formula is C7H6N4O3. The molecule has 0 amide bonds. The topological polar surface area (TPSA) is 83.0 Å².